The van der Waals surface area contributed by atoms with Crippen LogP contribution in [-0.2, 0) is 0 Å². The minimum atomic E-state index is 0.182. The Bertz CT molecular complexity index is 274. The summed E-state index contributed by atoms with van der Waals surface area (Å²) in [4.78, 5) is 5.08. The second-order valence-electron chi connectivity index (χ2n) is 7.40. The number of aliphatic hydroxyl groups is 1. The van der Waals surface area contributed by atoms with Crippen LogP contribution in [0.4, 0.5) is 0 Å². The van der Waals surface area contributed by atoms with Gasteiger partial charge in [-0.05, 0) is 39.7 Å². The monoisotopic (exact) mass is 268 g/mol. The molecule has 2 fully saturated rings. The summed E-state index contributed by atoms with van der Waals surface area (Å²) >= 11 is 0. The molecule has 2 atom stereocenters. The molecule has 1 saturated carbocycles. The lowest BCUT2D eigenvalue weighted by Gasteiger charge is -2.47. The van der Waals surface area contributed by atoms with Gasteiger partial charge in [0.25, 0.3) is 0 Å². The average molecular weight is 268 g/mol. The molecule has 0 amide bonds. The molecule has 1 saturated heterocycles. The van der Waals surface area contributed by atoms with Gasteiger partial charge in [-0.15, -0.1) is 0 Å². The van der Waals surface area contributed by atoms with Gasteiger partial charge in [0.05, 0.1) is 0 Å². The number of nitrogens with zero attached hydrogens (tertiary/aromatic N) is 2. The summed E-state index contributed by atoms with van der Waals surface area (Å²) in [6, 6.07) is 1.25. The maximum absolute atomic E-state index is 9.91. The summed E-state index contributed by atoms with van der Waals surface area (Å²) in [5.74, 6) is 0.852. The van der Waals surface area contributed by atoms with E-state index in [1.165, 1.54) is 25.7 Å². The van der Waals surface area contributed by atoms with Crippen molar-refractivity contribution in [3.63, 3.8) is 0 Å². The molecule has 19 heavy (non-hydrogen) atoms. The molecule has 2 unspecified atom stereocenters. The van der Waals surface area contributed by atoms with Crippen molar-refractivity contribution in [2.45, 2.75) is 58.5 Å². The molecule has 0 bridgehead atoms. The SMILES string of the molecule is CC1CCC(CO)(CN2CC(C)N(C)C(C)C2)CC1. The number of hydrogen-bond donors (Lipinski definition) is 1. The van der Waals surface area contributed by atoms with E-state index in [0.29, 0.717) is 18.7 Å². The van der Waals surface area contributed by atoms with Crippen molar-refractivity contribution in [1.82, 2.24) is 9.80 Å². The first-order chi connectivity index (χ1) is 8.96. The van der Waals surface area contributed by atoms with Crippen LogP contribution < -0.4 is 0 Å². The van der Waals surface area contributed by atoms with E-state index in [9.17, 15) is 5.11 Å². The molecule has 3 nitrogen and oxygen atoms in total. The molecule has 1 aliphatic heterocycles. The van der Waals surface area contributed by atoms with Gasteiger partial charge in [0.15, 0.2) is 0 Å². The normalized spacial score (nSPS) is 42.5. The zero-order valence-corrected chi connectivity index (χ0v) is 13.2. The van der Waals surface area contributed by atoms with Gasteiger partial charge in [-0.3, -0.25) is 9.80 Å². The van der Waals surface area contributed by atoms with E-state index in [1.54, 1.807) is 0 Å². The smallest absolute Gasteiger partial charge is 0.0499 e. The van der Waals surface area contributed by atoms with Crippen LogP contribution in [0.2, 0.25) is 0 Å². The minimum absolute atomic E-state index is 0.182. The van der Waals surface area contributed by atoms with Crippen LogP contribution in [0.25, 0.3) is 0 Å². The summed E-state index contributed by atoms with van der Waals surface area (Å²) in [6.07, 6.45) is 5.00. The maximum Gasteiger partial charge on any atom is 0.0499 e. The summed E-state index contributed by atoms with van der Waals surface area (Å²) < 4.78 is 0. The zero-order valence-electron chi connectivity index (χ0n) is 13.2. The third-order valence-electron chi connectivity index (χ3n) is 5.66. The minimum Gasteiger partial charge on any atom is -0.396 e. The highest BCUT2D eigenvalue weighted by atomic mass is 16.3. The number of rotatable bonds is 3. The summed E-state index contributed by atoms with van der Waals surface area (Å²) in [5.41, 5.74) is 0.182. The molecule has 0 aromatic heterocycles. The Hall–Kier alpha value is -0.120. The van der Waals surface area contributed by atoms with Crippen molar-refractivity contribution in [1.29, 1.82) is 0 Å². The van der Waals surface area contributed by atoms with Gasteiger partial charge < -0.3 is 5.11 Å². The molecule has 0 aromatic rings. The summed E-state index contributed by atoms with van der Waals surface area (Å²) in [7, 11) is 2.23. The number of aliphatic hydroxyl groups excluding tert-OH is 1. The van der Waals surface area contributed by atoms with E-state index < -0.39 is 0 Å². The van der Waals surface area contributed by atoms with E-state index in [-0.39, 0.29) is 5.41 Å². The molecule has 1 aliphatic carbocycles. The predicted molar refractivity (Wildman–Crippen MR) is 80.3 cm³/mol. The van der Waals surface area contributed by atoms with E-state index in [1.807, 2.05) is 0 Å². The summed E-state index contributed by atoms with van der Waals surface area (Å²) in [5, 5.41) is 9.91. The highest BCUT2D eigenvalue weighted by molar-refractivity contribution is 4.91. The number of likely N-dealkylation sites (N-methyl/N-ethyl adjacent to an activating group) is 1. The van der Waals surface area contributed by atoms with Gasteiger partial charge >= 0.3 is 0 Å². The number of piperazine rings is 1. The third-order valence-corrected chi connectivity index (χ3v) is 5.66. The Labute approximate surface area is 119 Å². The Morgan fingerprint density at radius 3 is 2.05 bits per heavy atom. The fourth-order valence-corrected chi connectivity index (χ4v) is 3.86. The highest BCUT2D eigenvalue weighted by Gasteiger charge is 2.37. The van der Waals surface area contributed by atoms with E-state index in [4.69, 9.17) is 0 Å². The molecular weight excluding hydrogens is 236 g/mol. The second-order valence-corrected chi connectivity index (χ2v) is 7.40. The van der Waals surface area contributed by atoms with Crippen LogP contribution in [0.3, 0.4) is 0 Å². The van der Waals surface area contributed by atoms with Crippen molar-refractivity contribution >= 4 is 0 Å². The first-order valence-corrected chi connectivity index (χ1v) is 8.01. The van der Waals surface area contributed by atoms with Crippen LogP contribution in [-0.4, -0.2) is 60.3 Å². The molecule has 0 spiro atoms. The Balaban J connectivity index is 1.95. The molecular formula is C16H32N2O. The van der Waals surface area contributed by atoms with Crippen molar-refractivity contribution in [3.8, 4) is 0 Å². The van der Waals surface area contributed by atoms with Gasteiger partial charge in [-0.1, -0.05) is 19.8 Å². The second kappa shape index (κ2) is 6.11. The van der Waals surface area contributed by atoms with Crippen LogP contribution in [0.15, 0.2) is 0 Å². The van der Waals surface area contributed by atoms with Crippen LogP contribution in [0, 0.1) is 11.3 Å². The highest BCUT2D eigenvalue weighted by Crippen LogP contribution is 2.39. The Kier molecular flexibility index (Phi) is 4.91. The third kappa shape index (κ3) is 3.50. The molecule has 0 radical (unpaired) electrons. The quantitative estimate of drug-likeness (QED) is 0.850. The molecule has 0 aromatic carbocycles. The van der Waals surface area contributed by atoms with Gasteiger partial charge in [-0.25, -0.2) is 0 Å². The topological polar surface area (TPSA) is 26.7 Å². The molecule has 112 valence electrons. The lowest BCUT2D eigenvalue weighted by Crippen LogP contribution is -2.57. The predicted octanol–water partition coefficient (Wildman–Crippen LogP) is 2.20. The van der Waals surface area contributed by atoms with Crippen LogP contribution in [0.5, 0.6) is 0 Å². The fraction of sp³-hybridized carbons (Fsp3) is 1.00. The standard InChI is InChI=1S/C16H32N2O/c1-13-5-7-16(12-19,8-6-13)11-18-9-14(2)17(4)15(3)10-18/h13-15,19H,5-12H2,1-4H3. The van der Waals surface area contributed by atoms with E-state index in [2.05, 4.69) is 37.6 Å². The van der Waals surface area contributed by atoms with E-state index >= 15 is 0 Å². The average Bonchev–Trinajstić information content (AvgIpc) is 2.39. The lowest BCUT2D eigenvalue weighted by atomic mass is 9.71. The maximum atomic E-state index is 9.91. The van der Waals surface area contributed by atoms with Crippen LogP contribution >= 0.6 is 0 Å². The Morgan fingerprint density at radius 2 is 1.58 bits per heavy atom. The largest absolute Gasteiger partial charge is 0.396 e. The number of hydrogen-bond acceptors (Lipinski definition) is 3. The molecule has 2 rings (SSSR count). The molecule has 1 heterocycles. The fourth-order valence-electron chi connectivity index (χ4n) is 3.86. The molecule has 1 N–H and O–H groups in total. The van der Waals surface area contributed by atoms with E-state index in [0.717, 1.165) is 25.6 Å². The first kappa shape index (κ1) is 15.3. The van der Waals surface area contributed by atoms with Crippen molar-refractivity contribution in [2.24, 2.45) is 11.3 Å². The van der Waals surface area contributed by atoms with Crippen molar-refractivity contribution in [3.05, 3.63) is 0 Å². The van der Waals surface area contributed by atoms with Crippen molar-refractivity contribution in [2.75, 3.05) is 33.3 Å². The lowest BCUT2D eigenvalue weighted by molar-refractivity contribution is -0.00955. The van der Waals surface area contributed by atoms with Crippen molar-refractivity contribution < 1.29 is 5.11 Å². The van der Waals surface area contributed by atoms with Crippen LogP contribution in [0.1, 0.15) is 46.5 Å². The zero-order chi connectivity index (χ0) is 14.0. The van der Waals surface area contributed by atoms with Gasteiger partial charge in [-0.2, -0.15) is 0 Å². The first-order valence-electron chi connectivity index (χ1n) is 8.01. The molecule has 2 aliphatic rings. The van der Waals surface area contributed by atoms with Gasteiger partial charge in [0.2, 0.25) is 0 Å². The Morgan fingerprint density at radius 1 is 1.05 bits per heavy atom. The summed E-state index contributed by atoms with van der Waals surface area (Å²) in [6.45, 7) is 10.7. The molecule has 3 heteroatoms. The van der Waals surface area contributed by atoms with Gasteiger partial charge in [0, 0.05) is 43.7 Å². The van der Waals surface area contributed by atoms with Gasteiger partial charge in [0.1, 0.15) is 0 Å².